The van der Waals surface area contributed by atoms with Crippen LogP contribution in [0.2, 0.25) is 0 Å². The van der Waals surface area contributed by atoms with E-state index in [-0.39, 0.29) is 13.5 Å². The summed E-state index contributed by atoms with van der Waals surface area (Å²) >= 11 is 0. The van der Waals surface area contributed by atoms with E-state index in [1.54, 1.807) is 0 Å². The third-order valence-electron chi connectivity index (χ3n) is 0.622. The van der Waals surface area contributed by atoms with Crippen molar-refractivity contribution in [2.45, 2.75) is 18.9 Å². The highest BCUT2D eigenvalue weighted by atomic mass is 32.1. The maximum atomic E-state index is 5.22. The van der Waals surface area contributed by atoms with Crippen molar-refractivity contribution >= 4 is 13.5 Å². The van der Waals surface area contributed by atoms with Gasteiger partial charge < -0.3 is 5.73 Å². The average molecular weight is 91.2 g/mol. The monoisotopic (exact) mass is 91.0 g/mol. The molecule has 0 unspecified atom stereocenters. The molecule has 0 aromatic carbocycles. The molecular weight excluding hydrogens is 82.1 g/mol. The van der Waals surface area contributed by atoms with E-state index < -0.39 is 0 Å². The van der Waals surface area contributed by atoms with Gasteiger partial charge in [-0.3, -0.25) is 0 Å². The lowest BCUT2D eigenvalue weighted by molar-refractivity contribution is 1.07. The molecule has 0 aliphatic heterocycles. The molecule has 1 aliphatic rings. The second-order valence-corrected chi connectivity index (χ2v) is 1.34. The van der Waals surface area contributed by atoms with Crippen LogP contribution in [0.5, 0.6) is 0 Å². The van der Waals surface area contributed by atoms with Gasteiger partial charge in [-0.15, -0.1) is 0 Å². The Morgan fingerprint density at radius 1 is 1.40 bits per heavy atom. The molecule has 0 heterocycles. The largest absolute Gasteiger partial charge is 0.328 e. The molecule has 1 aliphatic carbocycles. The molecule has 1 fully saturated rings. The fraction of sp³-hybridized carbons (Fsp3) is 1.00. The van der Waals surface area contributed by atoms with Gasteiger partial charge in [0.05, 0.1) is 0 Å². The summed E-state index contributed by atoms with van der Waals surface area (Å²) in [6.07, 6.45) is 2.53. The van der Waals surface area contributed by atoms with Crippen LogP contribution in [-0.4, -0.2) is 6.04 Å². The quantitative estimate of drug-likeness (QED) is 0.453. The van der Waals surface area contributed by atoms with Crippen molar-refractivity contribution < 1.29 is 0 Å². The van der Waals surface area contributed by atoms with Crippen molar-refractivity contribution in [2.75, 3.05) is 0 Å². The first-order valence-corrected chi connectivity index (χ1v) is 1.65. The molecule has 0 spiro atoms. The van der Waals surface area contributed by atoms with E-state index in [9.17, 15) is 0 Å². The van der Waals surface area contributed by atoms with Crippen LogP contribution in [-0.2, 0) is 0 Å². The van der Waals surface area contributed by atoms with Gasteiger partial charge in [0.25, 0.3) is 0 Å². The molecule has 2 N–H and O–H groups in total. The van der Waals surface area contributed by atoms with Gasteiger partial charge in [-0.05, 0) is 12.8 Å². The minimum Gasteiger partial charge on any atom is -0.328 e. The van der Waals surface area contributed by atoms with E-state index in [4.69, 9.17) is 5.73 Å². The first kappa shape index (κ1) is 5.31. The molecular formula is C3H9NS. The third-order valence-corrected chi connectivity index (χ3v) is 0.622. The Balaban J connectivity index is 0.000000160. The zero-order valence-electron chi connectivity index (χ0n) is 3.07. The summed E-state index contributed by atoms with van der Waals surface area (Å²) in [5.41, 5.74) is 5.22. The van der Waals surface area contributed by atoms with Gasteiger partial charge >= 0.3 is 0 Å². The Bertz CT molecular complexity index is 26.1. The number of rotatable bonds is 0. The fourth-order valence-electron chi connectivity index (χ4n) is 0.0962. The van der Waals surface area contributed by atoms with Crippen molar-refractivity contribution in [1.82, 2.24) is 0 Å². The minimum atomic E-state index is 0. The summed E-state index contributed by atoms with van der Waals surface area (Å²) in [5, 5.41) is 0. The van der Waals surface area contributed by atoms with Crippen LogP contribution in [0.15, 0.2) is 0 Å². The molecule has 0 bridgehead atoms. The Hall–Kier alpha value is 0.310. The van der Waals surface area contributed by atoms with Crippen LogP contribution in [0.1, 0.15) is 12.8 Å². The van der Waals surface area contributed by atoms with Crippen LogP contribution in [0, 0.1) is 0 Å². The summed E-state index contributed by atoms with van der Waals surface area (Å²) in [5.74, 6) is 0. The smallest absolute Gasteiger partial charge is 0.00399 e. The standard InChI is InChI=1S/C3H7N.H2S/c4-3-1-2-3;/h3H,1-2,4H2;1H2. The number of nitrogens with two attached hydrogens (primary N) is 1. The normalized spacial score (nSPS) is 21.0. The van der Waals surface area contributed by atoms with Gasteiger partial charge in [0.2, 0.25) is 0 Å². The van der Waals surface area contributed by atoms with Crippen molar-refractivity contribution in [3.8, 4) is 0 Å². The molecule has 0 aromatic rings. The van der Waals surface area contributed by atoms with Gasteiger partial charge in [-0.25, -0.2) is 0 Å². The molecule has 1 nitrogen and oxygen atoms in total. The topological polar surface area (TPSA) is 26.0 Å². The van der Waals surface area contributed by atoms with Crippen LogP contribution >= 0.6 is 13.5 Å². The van der Waals surface area contributed by atoms with Crippen LogP contribution in [0.4, 0.5) is 0 Å². The molecule has 5 heavy (non-hydrogen) atoms. The maximum absolute atomic E-state index is 5.22. The second kappa shape index (κ2) is 1.67. The lowest BCUT2D eigenvalue weighted by Crippen LogP contribution is -1.94. The molecule has 0 aromatic heterocycles. The van der Waals surface area contributed by atoms with Crippen LogP contribution in [0.3, 0.4) is 0 Å². The molecule has 2 heteroatoms. The molecule has 0 radical (unpaired) electrons. The van der Waals surface area contributed by atoms with Crippen molar-refractivity contribution in [1.29, 1.82) is 0 Å². The average Bonchev–Trinajstić information content (AvgIpc) is 1.75. The minimum absolute atomic E-state index is 0. The Morgan fingerprint density at radius 2 is 1.60 bits per heavy atom. The number of hydrogen-bond acceptors (Lipinski definition) is 1. The second-order valence-electron chi connectivity index (χ2n) is 1.34. The molecule has 1 saturated carbocycles. The zero-order valence-corrected chi connectivity index (χ0v) is 4.07. The Labute approximate surface area is 39.0 Å². The van der Waals surface area contributed by atoms with Gasteiger partial charge in [-0.2, -0.15) is 13.5 Å². The molecule has 1 rings (SSSR count). The summed E-state index contributed by atoms with van der Waals surface area (Å²) in [7, 11) is 0. The van der Waals surface area contributed by atoms with Gasteiger partial charge in [0, 0.05) is 6.04 Å². The van der Waals surface area contributed by atoms with Crippen LogP contribution < -0.4 is 5.73 Å². The third kappa shape index (κ3) is 2.10. The molecule has 32 valence electrons. The predicted octanol–water partition coefficient (Wildman–Crippen LogP) is 0.220. The Kier molecular flexibility index (Phi) is 1.78. The fourth-order valence-corrected chi connectivity index (χ4v) is 0.0962. The van der Waals surface area contributed by atoms with Gasteiger partial charge in [0.15, 0.2) is 0 Å². The van der Waals surface area contributed by atoms with Crippen molar-refractivity contribution in [3.63, 3.8) is 0 Å². The van der Waals surface area contributed by atoms with E-state index in [1.165, 1.54) is 12.8 Å². The van der Waals surface area contributed by atoms with Crippen molar-refractivity contribution in [2.24, 2.45) is 5.73 Å². The first-order chi connectivity index (χ1) is 1.89. The zero-order chi connectivity index (χ0) is 2.99. The van der Waals surface area contributed by atoms with E-state index in [0.717, 1.165) is 0 Å². The van der Waals surface area contributed by atoms with Gasteiger partial charge in [-0.1, -0.05) is 0 Å². The van der Waals surface area contributed by atoms with E-state index in [0.29, 0.717) is 6.04 Å². The highest BCUT2D eigenvalue weighted by Gasteiger charge is 2.13. The first-order valence-electron chi connectivity index (χ1n) is 1.65. The summed E-state index contributed by atoms with van der Waals surface area (Å²) in [6.45, 7) is 0. The lowest BCUT2D eigenvalue weighted by atomic mass is 10.8. The maximum Gasteiger partial charge on any atom is 0.00399 e. The van der Waals surface area contributed by atoms with E-state index in [1.807, 2.05) is 0 Å². The molecule has 0 saturated heterocycles. The highest BCUT2D eigenvalue weighted by Crippen LogP contribution is 2.13. The SMILES string of the molecule is NC1CC1.S. The molecule has 0 amide bonds. The van der Waals surface area contributed by atoms with Crippen molar-refractivity contribution in [3.05, 3.63) is 0 Å². The summed E-state index contributed by atoms with van der Waals surface area (Å²) < 4.78 is 0. The van der Waals surface area contributed by atoms with Crippen LogP contribution in [0.25, 0.3) is 0 Å². The number of hydrogen-bond donors (Lipinski definition) is 1. The highest BCUT2D eigenvalue weighted by molar-refractivity contribution is 7.59. The summed E-state index contributed by atoms with van der Waals surface area (Å²) in [4.78, 5) is 0. The predicted molar refractivity (Wildman–Crippen MR) is 27.6 cm³/mol. The molecule has 0 atom stereocenters. The lowest BCUT2D eigenvalue weighted by Gasteiger charge is -1.58. The van der Waals surface area contributed by atoms with Gasteiger partial charge in [0.1, 0.15) is 0 Å². The summed E-state index contributed by atoms with van der Waals surface area (Å²) in [6, 6.07) is 0.583. The van der Waals surface area contributed by atoms with E-state index in [2.05, 4.69) is 0 Å². The Morgan fingerprint density at radius 3 is 1.60 bits per heavy atom. The van der Waals surface area contributed by atoms with E-state index >= 15 is 0 Å².